The maximum Gasteiger partial charge on any atom is 0.245 e. The first-order chi connectivity index (χ1) is 11.6. The number of ether oxygens (including phenoxy) is 2. The molecule has 2 aromatic rings. The van der Waals surface area contributed by atoms with Crippen molar-refractivity contribution in [3.63, 3.8) is 0 Å². The minimum atomic E-state index is -0.238. The van der Waals surface area contributed by atoms with E-state index in [0.717, 1.165) is 24.3 Å². The molecule has 0 saturated heterocycles. The molecule has 1 atom stereocenters. The van der Waals surface area contributed by atoms with Crippen molar-refractivity contribution in [2.45, 2.75) is 25.8 Å². The maximum atomic E-state index is 12.8. The molecule has 0 aliphatic carbocycles. The van der Waals surface area contributed by atoms with Crippen LogP contribution in [0.5, 0.6) is 11.5 Å². The summed E-state index contributed by atoms with van der Waals surface area (Å²) in [6.07, 6.45) is 6.84. The zero-order valence-corrected chi connectivity index (χ0v) is 14.4. The van der Waals surface area contributed by atoms with Gasteiger partial charge in [0.25, 0.3) is 0 Å². The highest BCUT2D eigenvalue weighted by Crippen LogP contribution is 2.32. The van der Waals surface area contributed by atoms with Crippen molar-refractivity contribution in [2.75, 3.05) is 27.3 Å². The number of aromatic nitrogens is 2. The second-order valence-corrected chi connectivity index (χ2v) is 5.99. The SMILES string of the molecule is COc1cc2c(cc1OC)CCN(C(=O)[C@@H](C)n1ccnc1)CC2. The topological polar surface area (TPSA) is 56.6 Å². The number of carbonyl (C=O) groups is 1. The number of hydrogen-bond acceptors (Lipinski definition) is 4. The average molecular weight is 329 g/mol. The largest absolute Gasteiger partial charge is 0.493 e. The molecule has 1 aliphatic heterocycles. The van der Waals surface area contributed by atoms with Crippen LogP contribution in [0.3, 0.4) is 0 Å². The van der Waals surface area contributed by atoms with Gasteiger partial charge in [-0.05, 0) is 43.0 Å². The van der Waals surface area contributed by atoms with Crippen molar-refractivity contribution in [1.29, 1.82) is 0 Å². The van der Waals surface area contributed by atoms with Gasteiger partial charge < -0.3 is 18.9 Å². The van der Waals surface area contributed by atoms with Crippen LogP contribution in [0.4, 0.5) is 0 Å². The van der Waals surface area contributed by atoms with Crippen LogP contribution >= 0.6 is 0 Å². The first-order valence-electron chi connectivity index (χ1n) is 8.14. The summed E-state index contributed by atoms with van der Waals surface area (Å²) in [5.41, 5.74) is 2.44. The molecule has 128 valence electrons. The summed E-state index contributed by atoms with van der Waals surface area (Å²) in [5.74, 6) is 1.60. The van der Waals surface area contributed by atoms with Crippen LogP contribution < -0.4 is 9.47 Å². The molecular weight excluding hydrogens is 306 g/mol. The molecule has 0 N–H and O–H groups in total. The normalized spacial score (nSPS) is 15.4. The summed E-state index contributed by atoms with van der Waals surface area (Å²) in [6, 6.07) is 3.82. The first kappa shape index (κ1) is 16.4. The third kappa shape index (κ3) is 3.09. The van der Waals surface area contributed by atoms with E-state index in [9.17, 15) is 4.79 Å². The highest BCUT2D eigenvalue weighted by Gasteiger charge is 2.24. The lowest BCUT2D eigenvalue weighted by Crippen LogP contribution is -2.37. The second-order valence-electron chi connectivity index (χ2n) is 5.99. The zero-order chi connectivity index (χ0) is 17.1. The van der Waals surface area contributed by atoms with E-state index in [1.807, 2.05) is 34.7 Å². The minimum absolute atomic E-state index is 0.125. The van der Waals surface area contributed by atoms with E-state index in [1.165, 1.54) is 11.1 Å². The molecule has 3 rings (SSSR count). The van der Waals surface area contributed by atoms with Gasteiger partial charge in [0.1, 0.15) is 6.04 Å². The van der Waals surface area contributed by atoms with Gasteiger partial charge in [-0.25, -0.2) is 4.98 Å². The molecule has 0 saturated carbocycles. The van der Waals surface area contributed by atoms with Gasteiger partial charge in [-0.3, -0.25) is 4.79 Å². The summed E-state index contributed by atoms with van der Waals surface area (Å²) >= 11 is 0. The fourth-order valence-corrected chi connectivity index (χ4v) is 3.16. The Hall–Kier alpha value is -2.50. The molecule has 0 radical (unpaired) electrons. The zero-order valence-electron chi connectivity index (χ0n) is 14.4. The van der Waals surface area contributed by atoms with E-state index in [4.69, 9.17) is 9.47 Å². The fourth-order valence-electron chi connectivity index (χ4n) is 3.16. The molecule has 6 nitrogen and oxygen atoms in total. The molecule has 1 aliphatic rings. The summed E-state index contributed by atoms with van der Waals surface area (Å²) in [6.45, 7) is 3.33. The van der Waals surface area contributed by atoms with Crippen molar-refractivity contribution in [2.24, 2.45) is 0 Å². The van der Waals surface area contributed by atoms with Crippen LogP contribution in [0.1, 0.15) is 24.1 Å². The standard InChI is InChI=1S/C18H23N3O3/c1-13(21-9-6-19-12-21)18(22)20-7-4-14-10-16(23-2)17(24-3)11-15(14)5-8-20/h6,9-13H,4-5,7-8H2,1-3H3/t13-/m1/s1. The third-order valence-corrected chi connectivity index (χ3v) is 4.65. The van der Waals surface area contributed by atoms with Crippen LogP contribution in [-0.4, -0.2) is 47.7 Å². The Labute approximate surface area is 142 Å². The lowest BCUT2D eigenvalue weighted by Gasteiger charge is -2.24. The molecule has 0 unspecified atom stereocenters. The number of imidazole rings is 1. The Morgan fingerprint density at radius 1 is 1.12 bits per heavy atom. The van der Waals surface area contributed by atoms with Crippen molar-refractivity contribution in [3.05, 3.63) is 42.0 Å². The number of methoxy groups -OCH3 is 2. The molecule has 2 heterocycles. The monoisotopic (exact) mass is 329 g/mol. The summed E-state index contributed by atoms with van der Waals surface area (Å²) in [5, 5.41) is 0. The van der Waals surface area contributed by atoms with E-state index in [1.54, 1.807) is 26.7 Å². The number of rotatable bonds is 4. The van der Waals surface area contributed by atoms with Gasteiger partial charge in [0.05, 0.1) is 20.5 Å². The van der Waals surface area contributed by atoms with E-state index in [2.05, 4.69) is 4.98 Å². The highest BCUT2D eigenvalue weighted by molar-refractivity contribution is 5.80. The Morgan fingerprint density at radius 2 is 1.71 bits per heavy atom. The van der Waals surface area contributed by atoms with Crippen LogP contribution in [0.15, 0.2) is 30.9 Å². The molecule has 0 bridgehead atoms. The third-order valence-electron chi connectivity index (χ3n) is 4.65. The summed E-state index contributed by atoms with van der Waals surface area (Å²) in [7, 11) is 3.28. The lowest BCUT2D eigenvalue weighted by molar-refractivity contribution is -0.134. The van der Waals surface area contributed by atoms with E-state index in [-0.39, 0.29) is 11.9 Å². The average Bonchev–Trinajstić information content (AvgIpc) is 3.07. The van der Waals surface area contributed by atoms with Gasteiger partial charge >= 0.3 is 0 Å². The minimum Gasteiger partial charge on any atom is -0.493 e. The lowest BCUT2D eigenvalue weighted by atomic mass is 10.0. The molecule has 0 fully saturated rings. The van der Waals surface area contributed by atoms with E-state index in [0.29, 0.717) is 13.1 Å². The van der Waals surface area contributed by atoms with Crippen molar-refractivity contribution in [1.82, 2.24) is 14.5 Å². The smallest absolute Gasteiger partial charge is 0.245 e. The van der Waals surface area contributed by atoms with Gasteiger partial charge in [-0.1, -0.05) is 0 Å². The Bertz CT molecular complexity index is 678. The van der Waals surface area contributed by atoms with E-state index >= 15 is 0 Å². The molecule has 0 spiro atoms. The Morgan fingerprint density at radius 3 is 2.17 bits per heavy atom. The molecule has 24 heavy (non-hydrogen) atoms. The number of hydrogen-bond donors (Lipinski definition) is 0. The molecule has 1 aromatic heterocycles. The number of fused-ring (bicyclic) bond motifs is 1. The second kappa shape index (κ2) is 6.95. The number of carbonyl (C=O) groups excluding carboxylic acids is 1. The van der Waals surface area contributed by atoms with Crippen LogP contribution in [-0.2, 0) is 17.6 Å². The quantitative estimate of drug-likeness (QED) is 0.862. The van der Waals surface area contributed by atoms with Gasteiger partial charge in [-0.15, -0.1) is 0 Å². The van der Waals surface area contributed by atoms with Crippen LogP contribution in [0.2, 0.25) is 0 Å². The molecule has 1 amide bonds. The summed E-state index contributed by atoms with van der Waals surface area (Å²) < 4.78 is 12.6. The van der Waals surface area contributed by atoms with Crippen LogP contribution in [0.25, 0.3) is 0 Å². The predicted octanol–water partition coefficient (Wildman–Crippen LogP) is 2.09. The number of nitrogens with zero attached hydrogens (tertiary/aromatic N) is 3. The van der Waals surface area contributed by atoms with Crippen molar-refractivity contribution in [3.8, 4) is 11.5 Å². The van der Waals surface area contributed by atoms with E-state index < -0.39 is 0 Å². The predicted molar refractivity (Wildman–Crippen MR) is 90.5 cm³/mol. The molecule has 1 aromatic carbocycles. The fraction of sp³-hybridized carbons (Fsp3) is 0.444. The van der Waals surface area contributed by atoms with Gasteiger partial charge in [0, 0.05) is 25.5 Å². The molecular formula is C18H23N3O3. The number of benzene rings is 1. The van der Waals surface area contributed by atoms with Crippen LogP contribution in [0, 0.1) is 0 Å². The summed E-state index contributed by atoms with van der Waals surface area (Å²) in [4.78, 5) is 18.7. The Kier molecular flexibility index (Phi) is 4.74. The van der Waals surface area contributed by atoms with Gasteiger partial charge in [0.15, 0.2) is 11.5 Å². The molecule has 6 heteroatoms. The van der Waals surface area contributed by atoms with Gasteiger partial charge in [0.2, 0.25) is 5.91 Å². The highest BCUT2D eigenvalue weighted by atomic mass is 16.5. The Balaban J connectivity index is 1.77. The maximum absolute atomic E-state index is 12.8. The van der Waals surface area contributed by atoms with Gasteiger partial charge in [-0.2, -0.15) is 0 Å². The number of amides is 1. The first-order valence-corrected chi connectivity index (χ1v) is 8.14. The van der Waals surface area contributed by atoms with Crippen molar-refractivity contribution < 1.29 is 14.3 Å². The van der Waals surface area contributed by atoms with Crippen molar-refractivity contribution >= 4 is 5.91 Å².